The van der Waals surface area contributed by atoms with E-state index >= 15 is 0 Å². The summed E-state index contributed by atoms with van der Waals surface area (Å²) >= 11 is 0. The molecule has 19 heavy (non-hydrogen) atoms. The van der Waals surface area contributed by atoms with Crippen LogP contribution in [0.2, 0.25) is 6.55 Å². The van der Waals surface area contributed by atoms with E-state index < -0.39 is 0 Å². The van der Waals surface area contributed by atoms with Gasteiger partial charge in [-0.2, -0.15) is 28.3 Å². The molecular formula is C14H28Cl2NSiTi. The van der Waals surface area contributed by atoms with Crippen LogP contribution in [0.4, 0.5) is 0 Å². The quantitative estimate of drug-likeness (QED) is 0.385. The molecular weight excluding hydrogens is 329 g/mol. The fourth-order valence-electron chi connectivity index (χ4n) is 1.13. The topological polar surface area (TPSA) is 23.8 Å². The summed E-state index contributed by atoms with van der Waals surface area (Å²) in [7, 11) is 1.86. The van der Waals surface area contributed by atoms with E-state index in [-0.39, 0.29) is 52.1 Å². The van der Waals surface area contributed by atoms with Crippen LogP contribution in [0.25, 0.3) is 5.73 Å². The molecule has 1 N–H and O–H groups in total. The number of halogens is 2. The van der Waals surface area contributed by atoms with Gasteiger partial charge in [-0.25, -0.2) is 0 Å². The molecule has 0 saturated carbocycles. The summed E-state index contributed by atoms with van der Waals surface area (Å²) in [5, 5.41) is 0. The van der Waals surface area contributed by atoms with Gasteiger partial charge in [-0.15, -0.1) is 5.54 Å². The first-order valence-electron chi connectivity index (χ1n) is 5.78. The minimum atomic E-state index is -0.250. The number of rotatable bonds is 0. The van der Waals surface area contributed by atoms with Crippen LogP contribution >= 0.6 is 0 Å². The molecule has 5 heteroatoms. The van der Waals surface area contributed by atoms with Gasteiger partial charge in [-0.3, -0.25) is 0 Å². The first-order valence-corrected chi connectivity index (χ1v) is 7.20. The predicted octanol–water partition coefficient (Wildman–Crippen LogP) is -1.85. The summed E-state index contributed by atoms with van der Waals surface area (Å²) in [4.78, 5) is 0. The molecule has 0 atom stereocenters. The molecule has 0 bridgehead atoms. The Hall–Kier alpha value is 0.821. The zero-order valence-corrected chi connectivity index (χ0v) is 18.0. The fourth-order valence-corrected chi connectivity index (χ4v) is 1.13. The molecule has 0 amide bonds. The molecule has 0 fully saturated rings. The third-order valence-electron chi connectivity index (χ3n) is 2.18. The van der Waals surface area contributed by atoms with Gasteiger partial charge in [0.05, 0.1) is 0 Å². The Balaban J connectivity index is -0.0000000581. The van der Waals surface area contributed by atoms with Gasteiger partial charge in [0, 0.05) is 10.2 Å². The van der Waals surface area contributed by atoms with Crippen LogP contribution in [0.5, 0.6) is 0 Å². The predicted molar refractivity (Wildman–Crippen MR) is 79.5 cm³/mol. The van der Waals surface area contributed by atoms with Crippen molar-refractivity contribution < 1.29 is 46.5 Å². The van der Waals surface area contributed by atoms with Crippen molar-refractivity contribution >= 4 is 10.2 Å². The van der Waals surface area contributed by atoms with Crippen LogP contribution in [0, 0.1) is 27.7 Å². The van der Waals surface area contributed by atoms with E-state index in [1.807, 2.05) is 37.6 Å². The second-order valence-corrected chi connectivity index (χ2v) is 5.01. The maximum Gasteiger partial charge on any atom is 4.00 e. The van der Waals surface area contributed by atoms with Crippen LogP contribution in [-0.2, 0) is 21.7 Å². The molecule has 0 heterocycles. The Morgan fingerprint density at radius 3 is 1.37 bits per heavy atom. The second-order valence-electron chi connectivity index (χ2n) is 5.01. The molecule has 0 aliphatic heterocycles. The van der Waals surface area contributed by atoms with Crippen LogP contribution in [-0.4, -0.2) is 15.8 Å². The first kappa shape index (κ1) is 32.0. The van der Waals surface area contributed by atoms with Gasteiger partial charge in [0.1, 0.15) is 0 Å². The molecule has 0 aromatic heterocycles. The Morgan fingerprint density at radius 2 is 1.32 bits per heavy atom. The Kier molecular flexibility index (Phi) is 25.6. The van der Waals surface area contributed by atoms with Crippen molar-refractivity contribution in [2.45, 2.75) is 60.6 Å². The SMILES string of the molecule is CC(C)(C)[NH-].C[SiH2].Cc1c[c-](C)c(C)c1C.[Cl-].[Cl-].[Ti+4]. The minimum Gasteiger partial charge on any atom is -1.00 e. The van der Waals surface area contributed by atoms with Crippen molar-refractivity contribution in [1.82, 2.24) is 0 Å². The monoisotopic (exact) mass is 356 g/mol. The van der Waals surface area contributed by atoms with Crippen molar-refractivity contribution in [2.24, 2.45) is 0 Å². The van der Waals surface area contributed by atoms with Crippen molar-refractivity contribution in [2.75, 3.05) is 0 Å². The summed E-state index contributed by atoms with van der Waals surface area (Å²) in [6, 6.07) is 2.24. The van der Waals surface area contributed by atoms with Gasteiger partial charge in [-0.1, -0.05) is 55.0 Å². The first-order chi connectivity index (χ1) is 7.13. The maximum atomic E-state index is 6.94. The molecule has 0 saturated heterocycles. The molecule has 1 radical (unpaired) electrons. The molecule has 0 unspecified atom stereocenters. The molecule has 0 spiro atoms. The fraction of sp³-hybridized carbons (Fsp3) is 0.643. The average molecular weight is 357 g/mol. The van der Waals surface area contributed by atoms with Crippen LogP contribution in [0.3, 0.4) is 0 Å². The largest absolute Gasteiger partial charge is 4.00 e. The summed E-state index contributed by atoms with van der Waals surface area (Å²) in [5.74, 6) is 0. The molecule has 1 rings (SSSR count). The summed E-state index contributed by atoms with van der Waals surface area (Å²) in [6.07, 6.45) is 0. The number of hydrogen-bond donors (Lipinski definition) is 0. The van der Waals surface area contributed by atoms with Crippen LogP contribution in [0.1, 0.15) is 43.0 Å². The van der Waals surface area contributed by atoms with Crippen molar-refractivity contribution in [3.05, 3.63) is 34.1 Å². The van der Waals surface area contributed by atoms with E-state index in [1.165, 1.54) is 22.3 Å². The standard InChI is InChI=1S/C9H13.C4H10N.CH5Si.2ClH.Ti/c1-6-5-7(2)9(4)8(6)3;1-4(2,3)5;1-2;;;/h5H,1-4H3;5H,1-3H3;2H2,1H3;2*1H;/q2*-1;;;;+4/p-2. The number of nitrogens with one attached hydrogen (secondary N) is 1. The van der Waals surface area contributed by atoms with Gasteiger partial charge in [-0.05, 0) is 0 Å². The van der Waals surface area contributed by atoms with E-state index in [9.17, 15) is 0 Å². The van der Waals surface area contributed by atoms with Crippen molar-refractivity contribution in [3.8, 4) is 0 Å². The van der Waals surface area contributed by atoms with Crippen molar-refractivity contribution in [3.63, 3.8) is 0 Å². The molecule has 1 aromatic rings. The number of hydrogen-bond acceptors (Lipinski definition) is 0. The van der Waals surface area contributed by atoms with E-state index in [4.69, 9.17) is 5.73 Å². The van der Waals surface area contributed by atoms with E-state index in [0.717, 1.165) is 0 Å². The normalized spacial score (nSPS) is 8.32. The third kappa shape index (κ3) is 18.8. The summed E-state index contributed by atoms with van der Waals surface area (Å²) in [5.41, 5.74) is 12.4. The molecule has 1 aromatic carbocycles. The Morgan fingerprint density at radius 1 is 1.05 bits per heavy atom. The van der Waals surface area contributed by atoms with E-state index in [0.29, 0.717) is 0 Å². The van der Waals surface area contributed by atoms with Gasteiger partial charge in [0.25, 0.3) is 0 Å². The van der Waals surface area contributed by atoms with Crippen LogP contribution < -0.4 is 24.8 Å². The summed E-state index contributed by atoms with van der Waals surface area (Å²) in [6.45, 7) is 16.3. The maximum absolute atomic E-state index is 6.94. The molecule has 0 aliphatic rings. The summed E-state index contributed by atoms with van der Waals surface area (Å²) < 4.78 is 0. The Labute approximate surface area is 151 Å². The second kappa shape index (κ2) is 15.2. The smallest absolute Gasteiger partial charge is 1.00 e. The van der Waals surface area contributed by atoms with E-state index in [2.05, 4.69) is 33.8 Å². The Bertz CT molecular complexity index is 279. The molecule has 0 aliphatic carbocycles. The third-order valence-corrected chi connectivity index (χ3v) is 2.18. The average Bonchev–Trinajstić information content (AvgIpc) is 2.34. The zero-order valence-electron chi connectivity index (χ0n) is 13.5. The van der Waals surface area contributed by atoms with Gasteiger partial charge in [0.2, 0.25) is 0 Å². The van der Waals surface area contributed by atoms with Crippen LogP contribution in [0.15, 0.2) is 6.07 Å². The molecule has 1 nitrogen and oxygen atoms in total. The number of aryl methyl sites for hydroxylation is 2. The molecule has 111 valence electrons. The van der Waals surface area contributed by atoms with Gasteiger partial charge in [0.15, 0.2) is 0 Å². The van der Waals surface area contributed by atoms with Gasteiger partial charge < -0.3 is 30.5 Å². The van der Waals surface area contributed by atoms with E-state index in [1.54, 1.807) is 0 Å². The minimum absolute atomic E-state index is 0. The zero-order chi connectivity index (χ0) is 13.5. The van der Waals surface area contributed by atoms with Crippen molar-refractivity contribution in [1.29, 1.82) is 0 Å². The van der Waals surface area contributed by atoms with Gasteiger partial charge >= 0.3 is 21.7 Å².